The maximum Gasteiger partial charge on any atom is 0.313 e. The van der Waals surface area contributed by atoms with Crippen LogP contribution in [0.4, 0.5) is 10.1 Å². The average Bonchev–Trinajstić information content (AvgIpc) is 3.13. The summed E-state index contributed by atoms with van der Waals surface area (Å²) >= 11 is 0. The average molecular weight is 343 g/mol. The second-order valence-electron chi connectivity index (χ2n) is 4.94. The molecule has 0 spiro atoms. The van der Waals surface area contributed by atoms with E-state index in [1.807, 2.05) is 0 Å². The molecule has 25 heavy (non-hydrogen) atoms. The molecule has 3 rings (SSSR count). The highest BCUT2D eigenvalue weighted by Gasteiger charge is 2.18. The Morgan fingerprint density at radius 2 is 1.84 bits per heavy atom. The van der Waals surface area contributed by atoms with Gasteiger partial charge < -0.3 is 19.2 Å². The minimum Gasteiger partial charge on any atom is -0.497 e. The van der Waals surface area contributed by atoms with E-state index in [0.29, 0.717) is 22.7 Å². The highest BCUT2D eigenvalue weighted by Crippen LogP contribution is 2.29. The summed E-state index contributed by atoms with van der Waals surface area (Å²) in [5, 5.41) is 10.1. The van der Waals surface area contributed by atoms with Crippen molar-refractivity contribution < 1.29 is 23.1 Å². The van der Waals surface area contributed by atoms with E-state index < -0.39 is 5.91 Å². The van der Waals surface area contributed by atoms with E-state index in [0.717, 1.165) is 0 Å². The normalized spacial score (nSPS) is 10.4. The van der Waals surface area contributed by atoms with Crippen LogP contribution in [0, 0.1) is 5.82 Å². The van der Waals surface area contributed by atoms with Gasteiger partial charge in [0.25, 0.3) is 0 Å². The van der Waals surface area contributed by atoms with Crippen molar-refractivity contribution in [2.45, 2.75) is 0 Å². The number of nitrogens with zero attached hydrogens (tertiary/aromatic N) is 2. The summed E-state index contributed by atoms with van der Waals surface area (Å²) in [6.45, 7) is 0. The van der Waals surface area contributed by atoms with Gasteiger partial charge in [-0.3, -0.25) is 4.79 Å². The molecule has 0 saturated carbocycles. The third-order valence-electron chi connectivity index (χ3n) is 3.37. The Morgan fingerprint density at radius 3 is 2.52 bits per heavy atom. The molecular weight excluding hydrogens is 329 g/mol. The number of amides is 1. The van der Waals surface area contributed by atoms with Gasteiger partial charge in [-0.05, 0) is 36.4 Å². The van der Waals surface area contributed by atoms with E-state index >= 15 is 0 Å². The molecule has 1 amide bonds. The molecule has 1 N–H and O–H groups in total. The first-order valence-corrected chi connectivity index (χ1v) is 7.23. The van der Waals surface area contributed by atoms with Gasteiger partial charge in [0.2, 0.25) is 5.89 Å². The fourth-order valence-corrected chi connectivity index (χ4v) is 2.10. The lowest BCUT2D eigenvalue weighted by atomic mass is 10.2. The molecule has 0 bridgehead atoms. The molecule has 0 aliphatic rings. The van der Waals surface area contributed by atoms with Gasteiger partial charge in [0.1, 0.15) is 17.3 Å². The van der Waals surface area contributed by atoms with E-state index in [9.17, 15) is 9.18 Å². The molecule has 1 aromatic heterocycles. The Labute approximate surface area is 142 Å². The van der Waals surface area contributed by atoms with Crippen molar-refractivity contribution in [3.05, 3.63) is 54.2 Å². The highest BCUT2D eigenvalue weighted by molar-refractivity contribution is 6.01. The van der Waals surface area contributed by atoms with Crippen molar-refractivity contribution in [1.82, 2.24) is 10.2 Å². The number of anilines is 1. The standard InChI is InChI=1S/C17H14FN3O4/c1-23-12-7-8-13(14(9-12)24-2)19-15(22)17-21-20-16(25-17)10-3-5-11(18)6-4-10/h3-9H,1-2H3,(H,19,22). The van der Waals surface area contributed by atoms with Crippen LogP contribution < -0.4 is 14.8 Å². The van der Waals surface area contributed by atoms with Gasteiger partial charge in [0.05, 0.1) is 19.9 Å². The minimum absolute atomic E-state index is 0.117. The lowest BCUT2D eigenvalue weighted by Gasteiger charge is -2.10. The number of benzene rings is 2. The number of hydrogen-bond acceptors (Lipinski definition) is 6. The molecule has 0 atom stereocenters. The van der Waals surface area contributed by atoms with Crippen LogP contribution in [0.15, 0.2) is 46.9 Å². The van der Waals surface area contributed by atoms with Crippen LogP contribution in [0.25, 0.3) is 11.5 Å². The van der Waals surface area contributed by atoms with Crippen molar-refractivity contribution >= 4 is 11.6 Å². The Kier molecular flexibility index (Phi) is 4.60. The Bertz CT molecular complexity index is 893. The van der Waals surface area contributed by atoms with Gasteiger partial charge in [-0.25, -0.2) is 4.39 Å². The summed E-state index contributed by atoms with van der Waals surface area (Å²) in [5.74, 6) is -0.0709. The number of hydrogen-bond donors (Lipinski definition) is 1. The number of nitrogens with one attached hydrogen (secondary N) is 1. The van der Waals surface area contributed by atoms with Gasteiger partial charge in [0.15, 0.2) is 0 Å². The summed E-state index contributed by atoms with van der Waals surface area (Å²) in [4.78, 5) is 12.3. The second kappa shape index (κ2) is 7.00. The fourth-order valence-electron chi connectivity index (χ4n) is 2.10. The summed E-state index contributed by atoms with van der Waals surface area (Å²) in [7, 11) is 3.01. The van der Waals surface area contributed by atoms with Crippen molar-refractivity contribution in [3.63, 3.8) is 0 Å². The predicted molar refractivity (Wildman–Crippen MR) is 87.2 cm³/mol. The van der Waals surface area contributed by atoms with Crippen LogP contribution in [0.1, 0.15) is 10.7 Å². The Hall–Kier alpha value is -3.42. The molecular formula is C17H14FN3O4. The molecule has 2 aromatic carbocycles. The smallest absolute Gasteiger partial charge is 0.313 e. The van der Waals surface area contributed by atoms with Gasteiger partial charge >= 0.3 is 11.8 Å². The largest absolute Gasteiger partial charge is 0.497 e. The van der Waals surface area contributed by atoms with Crippen molar-refractivity contribution in [3.8, 4) is 23.0 Å². The number of aromatic nitrogens is 2. The lowest BCUT2D eigenvalue weighted by Crippen LogP contribution is -2.13. The molecule has 3 aromatic rings. The molecule has 0 aliphatic carbocycles. The lowest BCUT2D eigenvalue weighted by molar-refractivity contribution is 0.0990. The Balaban J connectivity index is 1.79. The second-order valence-corrected chi connectivity index (χ2v) is 4.94. The van der Waals surface area contributed by atoms with Crippen LogP contribution in [0.2, 0.25) is 0 Å². The molecule has 0 fully saturated rings. The molecule has 128 valence electrons. The number of methoxy groups -OCH3 is 2. The SMILES string of the molecule is COc1ccc(NC(=O)c2nnc(-c3ccc(F)cc3)o2)c(OC)c1. The van der Waals surface area contributed by atoms with E-state index in [4.69, 9.17) is 13.9 Å². The zero-order valence-corrected chi connectivity index (χ0v) is 13.4. The maximum absolute atomic E-state index is 13.0. The molecule has 0 radical (unpaired) electrons. The van der Waals surface area contributed by atoms with Crippen LogP contribution >= 0.6 is 0 Å². The first-order valence-electron chi connectivity index (χ1n) is 7.23. The van der Waals surface area contributed by atoms with Crippen molar-refractivity contribution in [1.29, 1.82) is 0 Å². The maximum atomic E-state index is 13.0. The molecule has 0 unspecified atom stereocenters. The van der Waals surface area contributed by atoms with E-state index in [1.165, 1.54) is 38.5 Å². The summed E-state index contributed by atoms with van der Waals surface area (Å²) < 4.78 is 28.6. The number of carbonyl (C=O) groups is 1. The van der Waals surface area contributed by atoms with Gasteiger partial charge in [0, 0.05) is 11.6 Å². The highest BCUT2D eigenvalue weighted by atomic mass is 19.1. The van der Waals surface area contributed by atoms with Crippen LogP contribution in [0.3, 0.4) is 0 Å². The van der Waals surface area contributed by atoms with Gasteiger partial charge in [-0.1, -0.05) is 0 Å². The minimum atomic E-state index is -0.593. The molecule has 7 nitrogen and oxygen atoms in total. The van der Waals surface area contributed by atoms with E-state index in [2.05, 4.69) is 15.5 Å². The van der Waals surface area contributed by atoms with Crippen LogP contribution in [-0.2, 0) is 0 Å². The van der Waals surface area contributed by atoms with Crippen molar-refractivity contribution in [2.75, 3.05) is 19.5 Å². The van der Waals surface area contributed by atoms with Crippen molar-refractivity contribution in [2.24, 2.45) is 0 Å². The molecule has 1 heterocycles. The third-order valence-corrected chi connectivity index (χ3v) is 3.37. The predicted octanol–water partition coefficient (Wildman–Crippen LogP) is 3.15. The van der Waals surface area contributed by atoms with Crippen LogP contribution in [-0.4, -0.2) is 30.3 Å². The molecule has 0 aliphatic heterocycles. The Morgan fingerprint density at radius 1 is 1.08 bits per heavy atom. The fraction of sp³-hybridized carbons (Fsp3) is 0.118. The van der Waals surface area contributed by atoms with E-state index in [-0.39, 0.29) is 17.6 Å². The summed E-state index contributed by atoms with van der Waals surface area (Å²) in [6.07, 6.45) is 0. The number of ether oxygens (including phenoxy) is 2. The number of rotatable bonds is 5. The summed E-state index contributed by atoms with van der Waals surface area (Å²) in [6, 6.07) is 10.4. The first-order chi connectivity index (χ1) is 12.1. The number of halogens is 1. The van der Waals surface area contributed by atoms with Crippen LogP contribution in [0.5, 0.6) is 11.5 Å². The number of carbonyl (C=O) groups excluding carboxylic acids is 1. The molecule has 8 heteroatoms. The third kappa shape index (κ3) is 3.57. The van der Waals surface area contributed by atoms with E-state index in [1.54, 1.807) is 18.2 Å². The summed E-state index contributed by atoms with van der Waals surface area (Å²) in [5.41, 5.74) is 0.935. The van der Waals surface area contributed by atoms with Gasteiger partial charge in [-0.15, -0.1) is 10.2 Å². The monoisotopic (exact) mass is 343 g/mol. The topological polar surface area (TPSA) is 86.5 Å². The zero-order valence-electron chi connectivity index (χ0n) is 13.4. The quantitative estimate of drug-likeness (QED) is 0.766. The first kappa shape index (κ1) is 16.4. The molecule has 0 saturated heterocycles. The van der Waals surface area contributed by atoms with Gasteiger partial charge in [-0.2, -0.15) is 0 Å². The zero-order chi connectivity index (χ0) is 17.8.